The molecule has 0 N–H and O–H groups in total. The maximum atomic E-state index is 13.5. The van der Waals surface area contributed by atoms with Crippen LogP contribution in [-0.4, -0.2) is 25.6 Å². The molecule has 0 saturated heterocycles. The number of hydrogen-bond donors (Lipinski definition) is 0. The molecule has 0 atom stereocenters. The van der Waals surface area contributed by atoms with Gasteiger partial charge in [-0.05, 0) is 73.0 Å². The van der Waals surface area contributed by atoms with E-state index < -0.39 is 5.60 Å². The minimum atomic E-state index is -0.524. The molecule has 0 amide bonds. The molecule has 0 aliphatic carbocycles. The lowest BCUT2D eigenvalue weighted by Gasteiger charge is -2.29. The molecule has 1 aliphatic heterocycles. The highest BCUT2D eigenvalue weighted by atomic mass is 16.5. The van der Waals surface area contributed by atoms with E-state index in [1.807, 2.05) is 62.4 Å². The van der Waals surface area contributed by atoms with Crippen molar-refractivity contribution in [3.05, 3.63) is 131 Å². The fraction of sp³-hybridized carbons (Fsp3) is 0.194. The van der Waals surface area contributed by atoms with Crippen LogP contribution in [0.15, 0.2) is 103 Å². The minimum Gasteiger partial charge on any atom is -0.496 e. The first-order chi connectivity index (χ1) is 19.9. The molecule has 5 nitrogen and oxygen atoms in total. The molecule has 0 unspecified atom stereocenters. The zero-order chi connectivity index (χ0) is 28.8. The predicted octanol–water partition coefficient (Wildman–Crippen LogP) is 7.99. The number of ketones is 1. The molecule has 0 fully saturated rings. The Kier molecular flexibility index (Phi) is 8.25. The van der Waals surface area contributed by atoms with Crippen LogP contribution < -0.4 is 19.1 Å². The summed E-state index contributed by atoms with van der Waals surface area (Å²) in [6.07, 6.45) is 7.37. The average molecular weight is 546 g/mol. The highest BCUT2D eigenvalue weighted by molar-refractivity contribution is 6.09. The van der Waals surface area contributed by atoms with Crippen LogP contribution in [0.5, 0.6) is 17.2 Å². The van der Waals surface area contributed by atoms with Gasteiger partial charge in [0.1, 0.15) is 22.8 Å². The van der Waals surface area contributed by atoms with E-state index in [1.165, 1.54) is 11.1 Å². The molecule has 0 radical (unpaired) electrons. The van der Waals surface area contributed by atoms with E-state index in [2.05, 4.69) is 59.5 Å². The van der Waals surface area contributed by atoms with Gasteiger partial charge in [-0.3, -0.25) is 4.79 Å². The Morgan fingerprint density at radius 2 is 1.44 bits per heavy atom. The standard InChI is InChI=1S/C36H35NO4/c1-36(2)22-21-30-33(39-3)20-17-29(35(30)41-36)32(38)18-15-26-16-19-34(40-4)31(23-26)37(24-27-11-7-5-8-12-27)25-28-13-9-6-10-14-28/h5-23H,24-25H2,1-4H3/b18-15+. The lowest BCUT2D eigenvalue weighted by molar-refractivity contribution is 0.103. The number of nitrogens with zero attached hydrogens (tertiary/aromatic N) is 1. The van der Waals surface area contributed by atoms with Gasteiger partial charge in [-0.15, -0.1) is 0 Å². The Morgan fingerprint density at radius 1 is 0.829 bits per heavy atom. The molecule has 0 aromatic heterocycles. The van der Waals surface area contributed by atoms with Crippen LogP contribution in [0.2, 0.25) is 0 Å². The maximum Gasteiger partial charge on any atom is 0.189 e. The molecule has 5 rings (SSSR count). The second kappa shape index (κ2) is 12.2. The van der Waals surface area contributed by atoms with E-state index in [0.717, 1.165) is 22.6 Å². The van der Waals surface area contributed by atoms with Crippen LogP contribution in [0, 0.1) is 0 Å². The number of benzene rings is 4. The predicted molar refractivity (Wildman–Crippen MR) is 166 cm³/mol. The SMILES string of the molecule is COc1ccc(/C=C/C(=O)c2ccc(OC)c3c2OC(C)(C)C=C3)cc1N(Cc1ccccc1)Cc1ccccc1. The summed E-state index contributed by atoms with van der Waals surface area (Å²) in [5.74, 6) is 1.84. The van der Waals surface area contributed by atoms with Crippen molar-refractivity contribution in [3.63, 3.8) is 0 Å². The third kappa shape index (κ3) is 6.52. The zero-order valence-electron chi connectivity index (χ0n) is 24.0. The van der Waals surface area contributed by atoms with E-state index in [9.17, 15) is 4.79 Å². The first-order valence-electron chi connectivity index (χ1n) is 13.7. The lowest BCUT2D eigenvalue weighted by Crippen LogP contribution is -2.28. The van der Waals surface area contributed by atoms with Crippen molar-refractivity contribution in [3.8, 4) is 17.2 Å². The highest BCUT2D eigenvalue weighted by Crippen LogP contribution is 2.40. The van der Waals surface area contributed by atoms with E-state index >= 15 is 0 Å². The fourth-order valence-corrected chi connectivity index (χ4v) is 4.96. The number of carbonyl (C=O) groups excluding carboxylic acids is 1. The van der Waals surface area contributed by atoms with Gasteiger partial charge < -0.3 is 19.1 Å². The number of ether oxygens (including phenoxy) is 3. The van der Waals surface area contributed by atoms with Crippen LogP contribution in [0.3, 0.4) is 0 Å². The van der Waals surface area contributed by atoms with Crippen LogP contribution >= 0.6 is 0 Å². The molecule has 1 aliphatic rings. The van der Waals surface area contributed by atoms with Gasteiger partial charge in [-0.25, -0.2) is 0 Å². The Labute approximate surface area is 242 Å². The number of carbonyl (C=O) groups is 1. The Morgan fingerprint density at radius 3 is 2.05 bits per heavy atom. The second-order valence-electron chi connectivity index (χ2n) is 10.6. The van der Waals surface area contributed by atoms with Gasteiger partial charge in [0.25, 0.3) is 0 Å². The molecule has 0 saturated carbocycles. The quantitative estimate of drug-likeness (QED) is 0.149. The van der Waals surface area contributed by atoms with Crippen LogP contribution in [-0.2, 0) is 13.1 Å². The third-order valence-electron chi connectivity index (χ3n) is 7.06. The molecule has 4 aromatic carbocycles. The summed E-state index contributed by atoms with van der Waals surface area (Å²) in [5, 5.41) is 0. The summed E-state index contributed by atoms with van der Waals surface area (Å²) in [6.45, 7) is 5.34. The minimum absolute atomic E-state index is 0.141. The number of fused-ring (bicyclic) bond motifs is 1. The third-order valence-corrected chi connectivity index (χ3v) is 7.06. The maximum absolute atomic E-state index is 13.5. The molecule has 208 valence electrons. The number of anilines is 1. The summed E-state index contributed by atoms with van der Waals surface area (Å²) in [5.41, 5.74) is 4.99. The van der Waals surface area contributed by atoms with Gasteiger partial charge in [-0.1, -0.05) is 72.8 Å². The van der Waals surface area contributed by atoms with Crippen LogP contribution in [0.4, 0.5) is 5.69 Å². The van der Waals surface area contributed by atoms with E-state index in [1.54, 1.807) is 26.4 Å². The van der Waals surface area contributed by atoms with Crippen molar-refractivity contribution in [2.24, 2.45) is 0 Å². The summed E-state index contributed by atoms with van der Waals surface area (Å²) < 4.78 is 17.5. The molecular formula is C36H35NO4. The Balaban J connectivity index is 1.47. The zero-order valence-corrected chi connectivity index (χ0v) is 24.0. The van der Waals surface area contributed by atoms with Crippen molar-refractivity contribution >= 4 is 23.6 Å². The Bertz CT molecular complexity index is 1530. The highest BCUT2D eigenvalue weighted by Gasteiger charge is 2.27. The van der Waals surface area contributed by atoms with Gasteiger partial charge in [-0.2, -0.15) is 0 Å². The Hall–Kier alpha value is -4.77. The van der Waals surface area contributed by atoms with Crippen molar-refractivity contribution in [1.29, 1.82) is 0 Å². The largest absolute Gasteiger partial charge is 0.496 e. The van der Waals surface area contributed by atoms with Gasteiger partial charge in [0.15, 0.2) is 5.78 Å². The summed E-state index contributed by atoms with van der Waals surface area (Å²) >= 11 is 0. The summed E-state index contributed by atoms with van der Waals surface area (Å²) in [4.78, 5) is 15.8. The van der Waals surface area contributed by atoms with Crippen molar-refractivity contribution in [2.45, 2.75) is 32.5 Å². The van der Waals surface area contributed by atoms with Crippen molar-refractivity contribution < 1.29 is 19.0 Å². The number of allylic oxidation sites excluding steroid dienone is 1. The van der Waals surface area contributed by atoms with Gasteiger partial charge in [0, 0.05) is 13.1 Å². The second-order valence-corrected chi connectivity index (χ2v) is 10.6. The smallest absolute Gasteiger partial charge is 0.189 e. The molecule has 41 heavy (non-hydrogen) atoms. The van der Waals surface area contributed by atoms with E-state index in [-0.39, 0.29) is 5.78 Å². The van der Waals surface area contributed by atoms with E-state index in [4.69, 9.17) is 14.2 Å². The van der Waals surface area contributed by atoms with Crippen LogP contribution in [0.1, 0.15) is 46.5 Å². The number of methoxy groups -OCH3 is 2. The number of rotatable bonds is 10. The van der Waals surface area contributed by atoms with Crippen molar-refractivity contribution in [2.75, 3.05) is 19.1 Å². The molecule has 0 spiro atoms. The summed E-state index contributed by atoms with van der Waals surface area (Å²) in [7, 11) is 3.30. The van der Waals surface area contributed by atoms with Crippen LogP contribution in [0.25, 0.3) is 12.2 Å². The topological polar surface area (TPSA) is 48.0 Å². The molecule has 4 aromatic rings. The van der Waals surface area contributed by atoms with Gasteiger partial charge >= 0.3 is 0 Å². The molecule has 0 bridgehead atoms. The number of hydrogen-bond acceptors (Lipinski definition) is 5. The molecule has 1 heterocycles. The van der Waals surface area contributed by atoms with Crippen molar-refractivity contribution in [1.82, 2.24) is 0 Å². The molecular weight excluding hydrogens is 510 g/mol. The molecule has 5 heteroatoms. The first kappa shape index (κ1) is 27.8. The lowest BCUT2D eigenvalue weighted by atomic mass is 9.97. The van der Waals surface area contributed by atoms with Gasteiger partial charge in [0.05, 0.1) is 31.0 Å². The fourth-order valence-electron chi connectivity index (χ4n) is 4.96. The monoisotopic (exact) mass is 545 g/mol. The first-order valence-corrected chi connectivity index (χ1v) is 13.7. The van der Waals surface area contributed by atoms with Gasteiger partial charge in [0.2, 0.25) is 0 Å². The summed E-state index contributed by atoms with van der Waals surface area (Å²) in [6, 6.07) is 30.3. The van der Waals surface area contributed by atoms with E-state index in [0.29, 0.717) is 30.2 Å². The average Bonchev–Trinajstić information content (AvgIpc) is 2.99. The normalized spacial score (nSPS) is 13.4.